The fourth-order valence-electron chi connectivity index (χ4n) is 5.08. The highest BCUT2D eigenvalue weighted by Crippen LogP contribution is 2.31. The van der Waals surface area contributed by atoms with Gasteiger partial charge in [0.15, 0.2) is 0 Å². The number of hydrogen-bond acceptors (Lipinski definition) is 6. The number of ketones is 1. The lowest BCUT2D eigenvalue weighted by atomic mass is 10.0. The van der Waals surface area contributed by atoms with Crippen LogP contribution in [0.15, 0.2) is 42.6 Å². The molecule has 2 aliphatic rings. The zero-order chi connectivity index (χ0) is 27.5. The standard InChI is InChI=1S/C26H31F6N5O/c1-18(38)16-24(37-14-12-35(13-15-37)22-5-2-19(3-6-22)25(27,28)29)36-10-8-21(9-11-36)34-23-7-4-20(17-33-23)26(30,31)32/h2-7,17,21,24H,8-16H2,1H3,(H,33,34). The summed E-state index contributed by atoms with van der Waals surface area (Å²) >= 11 is 0. The SMILES string of the molecule is CC(=O)CC(N1CCC(Nc2ccc(C(F)(F)F)cn2)CC1)N1CCN(c2ccc(C(F)(F)F)cc2)CC1. The first-order valence-electron chi connectivity index (χ1n) is 12.6. The van der Waals surface area contributed by atoms with Gasteiger partial charge in [0.2, 0.25) is 0 Å². The summed E-state index contributed by atoms with van der Waals surface area (Å²) in [7, 11) is 0. The first kappa shape index (κ1) is 28.2. The van der Waals surface area contributed by atoms with Gasteiger partial charge in [-0.1, -0.05) is 0 Å². The van der Waals surface area contributed by atoms with Gasteiger partial charge in [-0.05, 0) is 56.2 Å². The zero-order valence-electron chi connectivity index (χ0n) is 21.0. The number of carbonyl (C=O) groups excluding carboxylic acids is 1. The molecule has 2 aromatic rings. The Kier molecular flexibility index (Phi) is 8.51. The van der Waals surface area contributed by atoms with Gasteiger partial charge in [-0.25, -0.2) is 4.98 Å². The van der Waals surface area contributed by atoms with Gasteiger partial charge < -0.3 is 10.2 Å². The van der Waals surface area contributed by atoms with Crippen molar-refractivity contribution >= 4 is 17.3 Å². The van der Waals surface area contributed by atoms with Crippen LogP contribution in [-0.4, -0.2) is 72.0 Å². The molecule has 0 spiro atoms. The summed E-state index contributed by atoms with van der Waals surface area (Å²) < 4.78 is 76.9. The van der Waals surface area contributed by atoms with Gasteiger partial charge in [-0.15, -0.1) is 0 Å². The van der Waals surface area contributed by atoms with E-state index in [1.54, 1.807) is 6.92 Å². The molecule has 2 aliphatic heterocycles. The Morgan fingerprint density at radius 1 is 0.868 bits per heavy atom. The number of carbonyl (C=O) groups is 1. The number of halogens is 6. The van der Waals surface area contributed by atoms with E-state index in [2.05, 4.69) is 25.0 Å². The number of likely N-dealkylation sites (tertiary alicyclic amines) is 1. The highest BCUT2D eigenvalue weighted by molar-refractivity contribution is 5.76. The maximum atomic E-state index is 12.9. The zero-order valence-corrected chi connectivity index (χ0v) is 21.0. The van der Waals surface area contributed by atoms with Gasteiger partial charge in [-0.3, -0.25) is 14.6 Å². The lowest BCUT2D eigenvalue weighted by molar-refractivity contribution is -0.138. The summed E-state index contributed by atoms with van der Waals surface area (Å²) in [6.45, 7) is 5.62. The molecule has 2 fully saturated rings. The predicted molar refractivity (Wildman–Crippen MR) is 132 cm³/mol. The minimum Gasteiger partial charge on any atom is -0.369 e. The third kappa shape index (κ3) is 7.16. The lowest BCUT2D eigenvalue weighted by Gasteiger charge is -2.46. The molecule has 0 aliphatic carbocycles. The van der Waals surface area contributed by atoms with Crippen molar-refractivity contribution < 1.29 is 31.1 Å². The van der Waals surface area contributed by atoms with E-state index in [0.29, 0.717) is 38.4 Å². The van der Waals surface area contributed by atoms with E-state index >= 15 is 0 Å². The fourth-order valence-corrected chi connectivity index (χ4v) is 5.08. The first-order chi connectivity index (χ1) is 17.9. The lowest BCUT2D eigenvalue weighted by Crippen LogP contribution is -2.58. The maximum Gasteiger partial charge on any atom is 0.417 e. The molecule has 2 saturated heterocycles. The van der Waals surface area contributed by atoms with Crippen LogP contribution < -0.4 is 10.2 Å². The molecule has 0 amide bonds. The molecule has 1 N–H and O–H groups in total. The van der Waals surface area contributed by atoms with Crippen LogP contribution in [0.3, 0.4) is 0 Å². The van der Waals surface area contributed by atoms with E-state index < -0.39 is 23.5 Å². The third-order valence-corrected chi connectivity index (χ3v) is 7.16. The number of nitrogens with one attached hydrogen (secondary N) is 1. The monoisotopic (exact) mass is 543 g/mol. The average molecular weight is 544 g/mol. The van der Waals surface area contributed by atoms with Crippen molar-refractivity contribution in [2.75, 3.05) is 49.5 Å². The Balaban J connectivity index is 1.31. The normalized spacial score (nSPS) is 19.4. The van der Waals surface area contributed by atoms with E-state index in [-0.39, 0.29) is 18.0 Å². The summed E-state index contributed by atoms with van der Waals surface area (Å²) in [5.41, 5.74) is -0.721. The molecule has 3 heterocycles. The van der Waals surface area contributed by atoms with Crippen molar-refractivity contribution in [3.63, 3.8) is 0 Å². The van der Waals surface area contributed by atoms with Crippen molar-refractivity contribution in [1.82, 2.24) is 14.8 Å². The summed E-state index contributed by atoms with van der Waals surface area (Å²) in [6.07, 6.45) is -6.16. The van der Waals surface area contributed by atoms with E-state index in [1.165, 1.54) is 18.2 Å². The quantitative estimate of drug-likeness (QED) is 0.490. The number of rotatable bonds is 7. The second-order valence-corrected chi connectivity index (χ2v) is 9.84. The maximum absolute atomic E-state index is 12.9. The summed E-state index contributed by atoms with van der Waals surface area (Å²) in [6, 6.07) is 7.59. The van der Waals surface area contributed by atoms with E-state index in [1.807, 2.05) is 0 Å². The van der Waals surface area contributed by atoms with Crippen LogP contribution in [0, 0.1) is 0 Å². The number of benzene rings is 1. The molecular weight excluding hydrogens is 512 g/mol. The Bertz CT molecular complexity index is 1060. The molecule has 38 heavy (non-hydrogen) atoms. The minimum atomic E-state index is -4.42. The summed E-state index contributed by atoms with van der Waals surface area (Å²) in [4.78, 5) is 22.6. The van der Waals surface area contributed by atoms with Gasteiger partial charge >= 0.3 is 12.4 Å². The van der Waals surface area contributed by atoms with Crippen LogP contribution in [0.5, 0.6) is 0 Å². The number of alkyl halides is 6. The molecule has 1 aromatic carbocycles. The Morgan fingerprint density at radius 3 is 1.92 bits per heavy atom. The van der Waals surface area contributed by atoms with Crippen molar-refractivity contribution in [1.29, 1.82) is 0 Å². The van der Waals surface area contributed by atoms with Crippen molar-refractivity contribution in [3.05, 3.63) is 53.7 Å². The van der Waals surface area contributed by atoms with Gasteiger partial charge in [0, 0.05) is 63.6 Å². The topological polar surface area (TPSA) is 51.7 Å². The Labute approximate surface area is 217 Å². The van der Waals surface area contributed by atoms with E-state index in [4.69, 9.17) is 0 Å². The van der Waals surface area contributed by atoms with Gasteiger partial charge in [0.25, 0.3) is 0 Å². The molecule has 1 unspecified atom stereocenters. The predicted octanol–water partition coefficient (Wildman–Crippen LogP) is 5.12. The number of Topliss-reactive ketones (excluding diaryl/α,β-unsaturated/α-hetero) is 1. The smallest absolute Gasteiger partial charge is 0.369 e. The van der Waals surface area contributed by atoms with E-state index in [9.17, 15) is 31.1 Å². The highest BCUT2D eigenvalue weighted by atomic mass is 19.4. The highest BCUT2D eigenvalue weighted by Gasteiger charge is 2.34. The van der Waals surface area contributed by atoms with E-state index in [0.717, 1.165) is 56.0 Å². The van der Waals surface area contributed by atoms with Gasteiger partial charge in [0.05, 0.1) is 17.3 Å². The van der Waals surface area contributed by atoms with Gasteiger partial charge in [-0.2, -0.15) is 26.3 Å². The average Bonchev–Trinajstić information content (AvgIpc) is 2.87. The molecule has 4 rings (SSSR count). The van der Waals surface area contributed by atoms with Crippen molar-refractivity contribution in [2.45, 2.75) is 50.7 Å². The van der Waals surface area contributed by atoms with Crippen molar-refractivity contribution in [3.8, 4) is 0 Å². The summed E-state index contributed by atoms with van der Waals surface area (Å²) in [5.74, 6) is 0.477. The Hall–Kier alpha value is -2.86. The second-order valence-electron chi connectivity index (χ2n) is 9.84. The third-order valence-electron chi connectivity index (χ3n) is 7.16. The number of pyridine rings is 1. The molecule has 12 heteroatoms. The summed E-state index contributed by atoms with van der Waals surface area (Å²) in [5, 5.41) is 3.21. The second kappa shape index (κ2) is 11.5. The molecule has 1 aromatic heterocycles. The minimum absolute atomic E-state index is 0.0602. The molecular formula is C26H31F6N5O. The van der Waals surface area contributed by atoms with Gasteiger partial charge in [0.1, 0.15) is 11.6 Å². The fraction of sp³-hybridized carbons (Fsp3) is 0.538. The molecule has 6 nitrogen and oxygen atoms in total. The molecule has 1 atom stereocenters. The van der Waals surface area contributed by atoms with Crippen LogP contribution in [-0.2, 0) is 17.1 Å². The first-order valence-corrected chi connectivity index (χ1v) is 12.6. The number of hydrogen-bond donors (Lipinski definition) is 1. The largest absolute Gasteiger partial charge is 0.417 e. The van der Waals surface area contributed by atoms with Crippen LogP contribution in [0.4, 0.5) is 37.8 Å². The number of anilines is 2. The number of piperidine rings is 1. The van der Waals surface area contributed by atoms with Crippen LogP contribution >= 0.6 is 0 Å². The molecule has 0 saturated carbocycles. The van der Waals surface area contributed by atoms with Crippen molar-refractivity contribution in [2.24, 2.45) is 0 Å². The van der Waals surface area contributed by atoms with Crippen LogP contribution in [0.2, 0.25) is 0 Å². The molecule has 0 bridgehead atoms. The molecule has 0 radical (unpaired) electrons. The van der Waals surface area contributed by atoms with Crippen LogP contribution in [0.25, 0.3) is 0 Å². The number of piperazine rings is 1. The number of nitrogens with zero attached hydrogens (tertiary/aromatic N) is 4. The number of aromatic nitrogens is 1. The molecule has 208 valence electrons. The van der Waals surface area contributed by atoms with Crippen LogP contribution in [0.1, 0.15) is 37.3 Å². The Morgan fingerprint density at radius 2 is 1.42 bits per heavy atom.